The molecule has 0 saturated heterocycles. The van der Waals surface area contributed by atoms with Crippen LogP contribution in [0.5, 0.6) is 0 Å². The van der Waals surface area contributed by atoms with Crippen molar-refractivity contribution < 1.29 is 14.5 Å². The zero-order chi connectivity index (χ0) is 26.5. The zero-order valence-electron chi connectivity index (χ0n) is 20.5. The third-order valence-corrected chi connectivity index (χ3v) is 6.27. The van der Waals surface area contributed by atoms with Gasteiger partial charge < -0.3 is 4.90 Å². The average Bonchev–Trinajstić information content (AvgIpc) is 3.28. The Morgan fingerprint density at radius 3 is 2.14 bits per heavy atom. The number of ketones is 1. The van der Waals surface area contributed by atoms with E-state index in [1.807, 2.05) is 38.1 Å². The second-order valence-electron chi connectivity index (χ2n) is 8.62. The molecule has 1 heterocycles. The molecule has 1 amide bonds. The lowest BCUT2D eigenvalue weighted by molar-refractivity contribution is -0.384. The molecule has 188 valence electrons. The number of para-hydroxylation sites is 1. The van der Waals surface area contributed by atoms with E-state index in [1.165, 1.54) is 33.8 Å². The summed E-state index contributed by atoms with van der Waals surface area (Å²) in [5.74, 6) is -0.955. The van der Waals surface area contributed by atoms with Gasteiger partial charge in [0.05, 0.1) is 22.8 Å². The van der Waals surface area contributed by atoms with Crippen molar-refractivity contribution in [1.29, 1.82) is 0 Å². The highest BCUT2D eigenvalue weighted by Crippen LogP contribution is 2.23. The summed E-state index contributed by atoms with van der Waals surface area (Å²) < 4.78 is 1.32. The van der Waals surface area contributed by atoms with Crippen LogP contribution < -0.4 is 5.56 Å². The van der Waals surface area contributed by atoms with E-state index in [-0.39, 0.29) is 29.4 Å². The van der Waals surface area contributed by atoms with Crippen LogP contribution in [0.15, 0.2) is 89.7 Å². The van der Waals surface area contributed by atoms with Gasteiger partial charge in [0.2, 0.25) is 0 Å². The summed E-state index contributed by atoms with van der Waals surface area (Å²) in [6, 6.07) is 22.9. The number of non-ortho nitro benzene ring substituents is 1. The van der Waals surface area contributed by atoms with Crippen LogP contribution in [0, 0.1) is 10.1 Å². The summed E-state index contributed by atoms with van der Waals surface area (Å²) in [6.07, 6.45) is 0.568. The van der Waals surface area contributed by atoms with E-state index < -0.39 is 22.2 Å². The van der Waals surface area contributed by atoms with Gasteiger partial charge in [-0.25, -0.2) is 4.68 Å². The van der Waals surface area contributed by atoms with E-state index in [0.29, 0.717) is 23.4 Å². The SMILES string of the molecule is CCC(C)N(CC(=O)c1c(-c2ccccc2)[nH]n(-c2ccccc2)c1=O)C(=O)c1ccc([N+](=O)[O-])cc1. The lowest BCUT2D eigenvalue weighted by Gasteiger charge is -2.28. The van der Waals surface area contributed by atoms with Crippen molar-refractivity contribution in [3.63, 3.8) is 0 Å². The molecule has 9 heteroatoms. The molecule has 0 saturated carbocycles. The molecular weight excluding hydrogens is 472 g/mol. The fraction of sp³-hybridized carbons (Fsp3) is 0.179. The van der Waals surface area contributed by atoms with E-state index >= 15 is 0 Å². The van der Waals surface area contributed by atoms with Crippen LogP contribution in [0.25, 0.3) is 16.9 Å². The Kier molecular flexibility index (Phi) is 7.43. The Labute approximate surface area is 213 Å². The van der Waals surface area contributed by atoms with Crippen LogP contribution in [0.3, 0.4) is 0 Å². The number of aromatic nitrogens is 2. The minimum Gasteiger partial charge on any atom is -0.328 e. The number of hydrogen-bond donors (Lipinski definition) is 1. The predicted molar refractivity (Wildman–Crippen MR) is 140 cm³/mol. The maximum atomic E-state index is 13.7. The number of nitrogens with one attached hydrogen (secondary N) is 1. The van der Waals surface area contributed by atoms with Gasteiger partial charge in [0, 0.05) is 29.3 Å². The largest absolute Gasteiger partial charge is 0.328 e. The molecule has 0 radical (unpaired) electrons. The Bertz CT molecular complexity index is 1470. The first-order chi connectivity index (χ1) is 17.8. The number of nitrogens with zero attached hydrogens (tertiary/aromatic N) is 3. The quantitative estimate of drug-likeness (QED) is 0.201. The number of H-pyrrole nitrogens is 1. The number of nitro benzene ring substituents is 1. The number of hydrogen-bond acceptors (Lipinski definition) is 5. The van der Waals surface area contributed by atoms with E-state index in [9.17, 15) is 24.5 Å². The smallest absolute Gasteiger partial charge is 0.282 e. The van der Waals surface area contributed by atoms with E-state index in [4.69, 9.17) is 0 Å². The first kappa shape index (κ1) is 25.3. The summed E-state index contributed by atoms with van der Waals surface area (Å²) >= 11 is 0. The highest BCUT2D eigenvalue weighted by atomic mass is 16.6. The molecule has 37 heavy (non-hydrogen) atoms. The number of nitro groups is 1. The third-order valence-electron chi connectivity index (χ3n) is 6.27. The molecule has 1 atom stereocenters. The van der Waals surface area contributed by atoms with Crippen LogP contribution in [0.1, 0.15) is 41.0 Å². The summed E-state index contributed by atoms with van der Waals surface area (Å²) in [5.41, 5.74) is 1.13. The van der Waals surface area contributed by atoms with Crippen LogP contribution in [-0.2, 0) is 0 Å². The van der Waals surface area contributed by atoms with Gasteiger partial charge in [-0.05, 0) is 37.6 Å². The van der Waals surface area contributed by atoms with Gasteiger partial charge in [0.15, 0.2) is 5.78 Å². The predicted octanol–water partition coefficient (Wildman–Crippen LogP) is 4.86. The zero-order valence-corrected chi connectivity index (χ0v) is 20.5. The van der Waals surface area contributed by atoms with Crippen LogP contribution in [0.4, 0.5) is 5.69 Å². The van der Waals surface area contributed by atoms with Gasteiger partial charge >= 0.3 is 0 Å². The van der Waals surface area contributed by atoms with Crippen LogP contribution in [0.2, 0.25) is 0 Å². The van der Waals surface area contributed by atoms with Crippen molar-refractivity contribution in [3.05, 3.63) is 117 Å². The van der Waals surface area contributed by atoms with Gasteiger partial charge in [-0.3, -0.25) is 29.6 Å². The second-order valence-corrected chi connectivity index (χ2v) is 8.62. The summed E-state index contributed by atoms with van der Waals surface area (Å²) in [5, 5.41) is 14.1. The molecule has 4 aromatic rings. The van der Waals surface area contributed by atoms with Gasteiger partial charge in [-0.1, -0.05) is 55.5 Å². The number of carbonyl (C=O) groups excluding carboxylic acids is 2. The molecule has 1 unspecified atom stereocenters. The number of amides is 1. The molecule has 0 fully saturated rings. The molecule has 1 N–H and O–H groups in total. The molecule has 0 aliphatic rings. The molecule has 1 aromatic heterocycles. The molecule has 0 aliphatic carbocycles. The Morgan fingerprint density at radius 1 is 0.973 bits per heavy atom. The maximum Gasteiger partial charge on any atom is 0.282 e. The van der Waals surface area contributed by atoms with Gasteiger partial charge in [-0.2, -0.15) is 0 Å². The molecule has 0 bridgehead atoms. The maximum absolute atomic E-state index is 13.7. The van der Waals surface area contributed by atoms with Crippen molar-refractivity contribution >= 4 is 17.4 Å². The molecule has 9 nitrogen and oxygen atoms in total. The number of Topliss-reactive ketones (excluding diaryl/α,β-unsaturated/α-hetero) is 1. The second kappa shape index (κ2) is 10.9. The number of aromatic amines is 1. The normalized spacial score (nSPS) is 11.6. The molecular formula is C28H26N4O5. The van der Waals surface area contributed by atoms with Crippen molar-refractivity contribution in [2.75, 3.05) is 6.54 Å². The highest BCUT2D eigenvalue weighted by Gasteiger charge is 2.29. The summed E-state index contributed by atoms with van der Waals surface area (Å²) in [6.45, 7) is 3.37. The Balaban J connectivity index is 1.74. The molecule has 4 rings (SSSR count). The standard InChI is InChI=1S/C28H26N4O5/c1-3-19(2)30(27(34)21-14-16-23(17-15-21)32(36)37)18-24(33)25-26(20-10-6-4-7-11-20)29-31(28(25)35)22-12-8-5-9-13-22/h4-17,19,29H,3,18H2,1-2H3. The monoisotopic (exact) mass is 498 g/mol. The van der Waals surface area contributed by atoms with Gasteiger partial charge in [0.25, 0.3) is 17.2 Å². The lowest BCUT2D eigenvalue weighted by atomic mass is 10.0. The topological polar surface area (TPSA) is 118 Å². The van der Waals surface area contributed by atoms with Crippen molar-refractivity contribution in [3.8, 4) is 16.9 Å². The summed E-state index contributed by atoms with van der Waals surface area (Å²) in [4.78, 5) is 52.4. The Morgan fingerprint density at radius 2 is 1.57 bits per heavy atom. The van der Waals surface area contributed by atoms with E-state index in [1.54, 1.807) is 36.4 Å². The number of benzene rings is 3. The number of rotatable bonds is 9. The third kappa shape index (κ3) is 5.25. The molecule has 3 aromatic carbocycles. The van der Waals surface area contributed by atoms with Crippen LogP contribution in [-0.4, -0.2) is 43.9 Å². The van der Waals surface area contributed by atoms with Crippen molar-refractivity contribution in [2.45, 2.75) is 26.3 Å². The first-order valence-electron chi connectivity index (χ1n) is 11.9. The highest BCUT2D eigenvalue weighted by molar-refractivity contribution is 6.05. The van der Waals surface area contributed by atoms with Gasteiger partial charge in [0.1, 0.15) is 5.56 Å². The van der Waals surface area contributed by atoms with E-state index in [0.717, 1.165) is 0 Å². The first-order valence-corrected chi connectivity index (χ1v) is 11.9. The fourth-order valence-corrected chi connectivity index (χ4v) is 4.04. The van der Waals surface area contributed by atoms with Crippen LogP contribution >= 0.6 is 0 Å². The molecule has 0 aliphatic heterocycles. The average molecular weight is 499 g/mol. The van der Waals surface area contributed by atoms with Gasteiger partial charge in [-0.15, -0.1) is 0 Å². The van der Waals surface area contributed by atoms with Crippen molar-refractivity contribution in [2.24, 2.45) is 0 Å². The fourth-order valence-electron chi connectivity index (χ4n) is 4.04. The number of carbonyl (C=O) groups is 2. The van der Waals surface area contributed by atoms with Crippen molar-refractivity contribution in [1.82, 2.24) is 14.7 Å². The lowest BCUT2D eigenvalue weighted by Crippen LogP contribution is -2.42. The summed E-state index contributed by atoms with van der Waals surface area (Å²) in [7, 11) is 0. The van der Waals surface area contributed by atoms with E-state index in [2.05, 4.69) is 5.10 Å². The minimum atomic E-state index is -0.543. The Hall–Kier alpha value is -4.79. The molecule has 0 spiro atoms. The minimum absolute atomic E-state index is 0.0418.